The highest BCUT2D eigenvalue weighted by molar-refractivity contribution is 7.92. The number of aryl methyl sites for hydroxylation is 2. The molecule has 0 spiro atoms. The monoisotopic (exact) mass is 510 g/mol. The van der Waals surface area contributed by atoms with Gasteiger partial charge in [0.15, 0.2) is 0 Å². The Morgan fingerprint density at radius 1 is 1.00 bits per heavy atom. The van der Waals surface area contributed by atoms with Gasteiger partial charge in [-0.2, -0.15) is 13.2 Å². The van der Waals surface area contributed by atoms with E-state index in [1.807, 2.05) is 13.8 Å². The maximum Gasteiger partial charge on any atom is 0.417 e. The molecule has 1 amide bonds. The van der Waals surface area contributed by atoms with E-state index >= 15 is 0 Å². The standard InChI is InChI=1S/C24H22ClF3N2O3S/c1-3-17-6-9-19(10-7-17)30(34(32,33)20-11-4-16(2)5-12-20)15-23(31)29-18-8-13-22(25)21(14-18)24(26,27)28/h4-14H,3,15H2,1-2H3,(H,29,31). The Kier molecular flexibility index (Phi) is 7.57. The number of nitrogens with zero attached hydrogens (tertiary/aromatic N) is 1. The van der Waals surface area contributed by atoms with Crippen LogP contribution < -0.4 is 9.62 Å². The molecule has 0 fully saturated rings. The minimum Gasteiger partial charge on any atom is -0.324 e. The third-order valence-corrected chi connectivity index (χ3v) is 7.20. The Bertz CT molecular complexity index is 1280. The lowest BCUT2D eigenvalue weighted by molar-refractivity contribution is -0.137. The number of rotatable bonds is 7. The molecule has 3 rings (SSSR count). The summed E-state index contributed by atoms with van der Waals surface area (Å²) < 4.78 is 67.2. The fourth-order valence-electron chi connectivity index (χ4n) is 3.20. The summed E-state index contributed by atoms with van der Waals surface area (Å²) in [4.78, 5) is 12.7. The molecule has 1 N–H and O–H groups in total. The van der Waals surface area contributed by atoms with E-state index in [0.717, 1.165) is 27.9 Å². The van der Waals surface area contributed by atoms with Gasteiger partial charge in [0, 0.05) is 5.69 Å². The predicted octanol–water partition coefficient (Wildman–Crippen LogP) is 6.06. The van der Waals surface area contributed by atoms with Gasteiger partial charge in [0.2, 0.25) is 5.91 Å². The van der Waals surface area contributed by atoms with E-state index in [9.17, 15) is 26.4 Å². The topological polar surface area (TPSA) is 66.5 Å². The number of anilines is 2. The molecule has 0 saturated carbocycles. The summed E-state index contributed by atoms with van der Waals surface area (Å²) in [5, 5.41) is 1.82. The summed E-state index contributed by atoms with van der Waals surface area (Å²) >= 11 is 5.62. The van der Waals surface area contributed by atoms with Gasteiger partial charge in [0.1, 0.15) is 6.54 Å². The summed E-state index contributed by atoms with van der Waals surface area (Å²) in [5.41, 5.74) is 0.822. The molecule has 0 aliphatic rings. The first-order chi connectivity index (χ1) is 15.9. The molecular formula is C24H22ClF3N2O3S. The van der Waals surface area contributed by atoms with Gasteiger partial charge in [-0.15, -0.1) is 0 Å². The van der Waals surface area contributed by atoms with E-state index in [2.05, 4.69) is 5.32 Å². The Labute approximate surface area is 201 Å². The molecule has 0 radical (unpaired) electrons. The summed E-state index contributed by atoms with van der Waals surface area (Å²) in [6.07, 6.45) is -3.97. The van der Waals surface area contributed by atoms with Crippen molar-refractivity contribution < 1.29 is 26.4 Å². The zero-order valence-electron chi connectivity index (χ0n) is 18.4. The Morgan fingerprint density at radius 2 is 1.62 bits per heavy atom. The first kappa shape index (κ1) is 25.6. The highest BCUT2D eigenvalue weighted by Gasteiger charge is 2.34. The fraction of sp³-hybridized carbons (Fsp3) is 0.208. The molecule has 3 aromatic carbocycles. The first-order valence-electron chi connectivity index (χ1n) is 10.3. The largest absolute Gasteiger partial charge is 0.417 e. The molecule has 0 unspecified atom stereocenters. The van der Waals surface area contributed by atoms with E-state index in [0.29, 0.717) is 6.07 Å². The van der Waals surface area contributed by atoms with Crippen LogP contribution in [0.25, 0.3) is 0 Å². The molecule has 0 aliphatic carbocycles. The van der Waals surface area contributed by atoms with Crippen molar-refractivity contribution in [1.29, 1.82) is 0 Å². The van der Waals surface area contributed by atoms with Crippen molar-refractivity contribution in [3.63, 3.8) is 0 Å². The number of halogens is 4. The van der Waals surface area contributed by atoms with Crippen molar-refractivity contribution in [2.24, 2.45) is 0 Å². The van der Waals surface area contributed by atoms with Crippen LogP contribution in [0, 0.1) is 6.92 Å². The van der Waals surface area contributed by atoms with Crippen LogP contribution in [0.15, 0.2) is 71.6 Å². The van der Waals surface area contributed by atoms with Crippen LogP contribution in [0.4, 0.5) is 24.5 Å². The first-order valence-corrected chi connectivity index (χ1v) is 12.1. The van der Waals surface area contributed by atoms with Gasteiger partial charge in [-0.3, -0.25) is 9.10 Å². The zero-order chi connectivity index (χ0) is 25.1. The van der Waals surface area contributed by atoms with Crippen LogP contribution in [0.3, 0.4) is 0 Å². The van der Waals surface area contributed by atoms with E-state index < -0.39 is 39.2 Å². The number of hydrogen-bond donors (Lipinski definition) is 1. The molecule has 180 valence electrons. The Balaban J connectivity index is 1.94. The molecule has 10 heteroatoms. The third kappa shape index (κ3) is 5.90. The number of nitrogens with one attached hydrogen (secondary N) is 1. The number of sulfonamides is 1. The summed E-state index contributed by atoms with van der Waals surface area (Å²) in [5.74, 6) is -0.814. The molecule has 0 aliphatic heterocycles. The second-order valence-corrected chi connectivity index (χ2v) is 9.85. The molecule has 3 aromatic rings. The second kappa shape index (κ2) is 10.1. The van der Waals surface area contributed by atoms with Crippen LogP contribution in [0.1, 0.15) is 23.6 Å². The van der Waals surface area contributed by atoms with E-state index in [-0.39, 0.29) is 16.3 Å². The van der Waals surface area contributed by atoms with Crippen LogP contribution >= 0.6 is 11.6 Å². The van der Waals surface area contributed by atoms with E-state index in [4.69, 9.17) is 11.6 Å². The quantitative estimate of drug-likeness (QED) is 0.420. The zero-order valence-corrected chi connectivity index (χ0v) is 19.9. The fourth-order valence-corrected chi connectivity index (χ4v) is 4.85. The van der Waals surface area contributed by atoms with E-state index in [1.165, 1.54) is 18.2 Å². The average molecular weight is 511 g/mol. The lowest BCUT2D eigenvalue weighted by Gasteiger charge is -2.24. The van der Waals surface area contributed by atoms with Gasteiger partial charge in [0.05, 0.1) is 21.2 Å². The molecule has 5 nitrogen and oxygen atoms in total. The van der Waals surface area contributed by atoms with Crippen LogP contribution in [0.2, 0.25) is 5.02 Å². The molecule has 0 aromatic heterocycles. The maximum atomic E-state index is 13.4. The molecular weight excluding hydrogens is 489 g/mol. The summed E-state index contributed by atoms with van der Waals surface area (Å²) in [6.45, 7) is 3.11. The number of alkyl halides is 3. The predicted molar refractivity (Wildman–Crippen MR) is 127 cm³/mol. The number of benzene rings is 3. The van der Waals surface area contributed by atoms with E-state index in [1.54, 1.807) is 36.4 Å². The number of carbonyl (C=O) groups is 1. The van der Waals surface area contributed by atoms with Gasteiger partial charge < -0.3 is 5.32 Å². The third-order valence-electron chi connectivity index (χ3n) is 5.08. The van der Waals surface area contributed by atoms with Crippen molar-refractivity contribution >= 4 is 38.9 Å². The van der Waals surface area contributed by atoms with Crippen molar-refractivity contribution in [2.45, 2.75) is 31.3 Å². The minimum atomic E-state index is -4.71. The molecule has 0 saturated heterocycles. The SMILES string of the molecule is CCc1ccc(N(CC(=O)Nc2ccc(Cl)c(C(F)(F)F)c2)S(=O)(=O)c2ccc(C)cc2)cc1. The van der Waals surface area contributed by atoms with Crippen molar-refractivity contribution in [2.75, 3.05) is 16.2 Å². The van der Waals surface area contributed by atoms with Gasteiger partial charge >= 0.3 is 6.18 Å². The number of carbonyl (C=O) groups excluding carboxylic acids is 1. The number of amides is 1. The smallest absolute Gasteiger partial charge is 0.324 e. The summed E-state index contributed by atoms with van der Waals surface area (Å²) in [7, 11) is -4.14. The van der Waals surface area contributed by atoms with Crippen molar-refractivity contribution in [3.8, 4) is 0 Å². The second-order valence-electron chi connectivity index (χ2n) is 7.59. The van der Waals surface area contributed by atoms with Gasteiger partial charge in [-0.1, -0.05) is 48.4 Å². The Morgan fingerprint density at radius 3 is 2.18 bits per heavy atom. The minimum absolute atomic E-state index is 0.0173. The van der Waals surface area contributed by atoms with Crippen molar-refractivity contribution in [3.05, 3.63) is 88.4 Å². The van der Waals surface area contributed by atoms with Crippen LogP contribution in [-0.2, 0) is 27.4 Å². The Hall–Kier alpha value is -3.04. The average Bonchev–Trinajstić information content (AvgIpc) is 2.78. The van der Waals surface area contributed by atoms with Gasteiger partial charge in [0.25, 0.3) is 10.0 Å². The molecule has 0 heterocycles. The van der Waals surface area contributed by atoms with Crippen molar-refractivity contribution in [1.82, 2.24) is 0 Å². The van der Waals surface area contributed by atoms with Crippen LogP contribution in [0.5, 0.6) is 0 Å². The summed E-state index contributed by atoms with van der Waals surface area (Å²) in [6, 6.07) is 15.7. The van der Waals surface area contributed by atoms with Gasteiger partial charge in [-0.25, -0.2) is 8.42 Å². The molecule has 0 atom stereocenters. The highest BCUT2D eigenvalue weighted by Crippen LogP contribution is 2.36. The van der Waals surface area contributed by atoms with Crippen LogP contribution in [-0.4, -0.2) is 20.9 Å². The molecule has 34 heavy (non-hydrogen) atoms. The lowest BCUT2D eigenvalue weighted by Crippen LogP contribution is -2.38. The lowest BCUT2D eigenvalue weighted by atomic mass is 10.1. The normalized spacial score (nSPS) is 11.8. The van der Waals surface area contributed by atoms with Gasteiger partial charge in [-0.05, 0) is 61.4 Å². The number of hydrogen-bond acceptors (Lipinski definition) is 3. The highest BCUT2D eigenvalue weighted by atomic mass is 35.5. The maximum absolute atomic E-state index is 13.4. The molecule has 0 bridgehead atoms.